The third kappa shape index (κ3) is 4.62. The van der Waals surface area contributed by atoms with Gasteiger partial charge in [-0.25, -0.2) is 4.39 Å². The number of hydrogen-bond acceptors (Lipinski definition) is 5. The fourth-order valence-electron chi connectivity index (χ4n) is 3.92. The van der Waals surface area contributed by atoms with Gasteiger partial charge in [-0.15, -0.1) is 10.2 Å². The van der Waals surface area contributed by atoms with Crippen molar-refractivity contribution in [3.63, 3.8) is 0 Å². The zero-order valence-corrected chi connectivity index (χ0v) is 18.0. The average Bonchev–Trinajstić information content (AvgIpc) is 3.05. The molecule has 33 heavy (non-hydrogen) atoms. The van der Waals surface area contributed by atoms with Crippen molar-refractivity contribution < 1.29 is 19.4 Å². The molecule has 1 aliphatic rings. The number of aromatic nitrogens is 2. The van der Waals surface area contributed by atoms with E-state index in [0.29, 0.717) is 36.1 Å². The number of benzene rings is 2. The van der Waals surface area contributed by atoms with Crippen LogP contribution in [-0.2, 0) is 17.8 Å². The SMILES string of the molecule is Cc1[nH]n(CCCC(=O)O)c(=O)c1N=Nc1cccc(C2=Cc3c(F)cccc3CC2)c1O. The number of aryl methyl sites for hydroxylation is 3. The molecule has 170 valence electrons. The summed E-state index contributed by atoms with van der Waals surface area (Å²) in [5.41, 5.74) is 3.12. The van der Waals surface area contributed by atoms with Gasteiger partial charge in [-0.3, -0.25) is 19.4 Å². The Balaban J connectivity index is 1.61. The summed E-state index contributed by atoms with van der Waals surface area (Å²) in [5.74, 6) is -1.33. The number of aliphatic carboxylic acids is 1. The molecule has 2 aromatic carbocycles. The highest BCUT2D eigenvalue weighted by Gasteiger charge is 2.18. The van der Waals surface area contributed by atoms with E-state index in [4.69, 9.17) is 5.11 Å². The number of rotatable bonds is 7. The highest BCUT2D eigenvalue weighted by atomic mass is 19.1. The lowest BCUT2D eigenvalue weighted by Gasteiger charge is -2.18. The Bertz CT molecular complexity index is 1340. The van der Waals surface area contributed by atoms with E-state index in [2.05, 4.69) is 15.3 Å². The number of nitrogens with one attached hydrogen (secondary N) is 1. The predicted octanol–water partition coefficient (Wildman–Crippen LogP) is 5.10. The Hall–Kier alpha value is -4.01. The van der Waals surface area contributed by atoms with Crippen molar-refractivity contribution in [3.8, 4) is 5.75 Å². The summed E-state index contributed by atoms with van der Waals surface area (Å²) in [6, 6.07) is 10.0. The van der Waals surface area contributed by atoms with Gasteiger partial charge < -0.3 is 10.2 Å². The van der Waals surface area contributed by atoms with Crippen molar-refractivity contribution in [2.75, 3.05) is 0 Å². The minimum absolute atomic E-state index is 0.0494. The molecule has 0 spiro atoms. The Morgan fingerprint density at radius 2 is 1.97 bits per heavy atom. The Morgan fingerprint density at radius 1 is 1.18 bits per heavy atom. The molecule has 0 amide bonds. The molecule has 1 aliphatic carbocycles. The molecule has 0 aliphatic heterocycles. The summed E-state index contributed by atoms with van der Waals surface area (Å²) < 4.78 is 15.5. The van der Waals surface area contributed by atoms with Crippen LogP contribution in [0.1, 0.15) is 41.6 Å². The summed E-state index contributed by atoms with van der Waals surface area (Å²) in [6.07, 6.45) is 3.30. The number of nitrogens with zero attached hydrogens (tertiary/aromatic N) is 3. The molecule has 9 heteroatoms. The second-order valence-electron chi connectivity index (χ2n) is 7.90. The van der Waals surface area contributed by atoms with Crippen LogP contribution in [0.25, 0.3) is 11.6 Å². The number of phenolic OH excluding ortho intramolecular Hbond substituents is 1. The second kappa shape index (κ2) is 9.23. The van der Waals surface area contributed by atoms with Gasteiger partial charge >= 0.3 is 5.97 Å². The Morgan fingerprint density at radius 3 is 2.76 bits per heavy atom. The number of H-pyrrole nitrogens is 1. The summed E-state index contributed by atoms with van der Waals surface area (Å²) in [6.45, 7) is 1.88. The largest absolute Gasteiger partial charge is 0.505 e. The van der Waals surface area contributed by atoms with E-state index in [-0.39, 0.29) is 35.9 Å². The van der Waals surface area contributed by atoms with Crippen LogP contribution in [0.3, 0.4) is 0 Å². The molecular formula is C24H23FN4O4. The van der Waals surface area contributed by atoms with Crippen LogP contribution in [-0.4, -0.2) is 26.0 Å². The van der Waals surface area contributed by atoms with Crippen LogP contribution in [0.2, 0.25) is 0 Å². The van der Waals surface area contributed by atoms with E-state index in [0.717, 1.165) is 11.1 Å². The van der Waals surface area contributed by atoms with Crippen LogP contribution in [0.5, 0.6) is 5.75 Å². The normalized spacial score (nSPS) is 13.2. The first-order valence-electron chi connectivity index (χ1n) is 10.6. The highest BCUT2D eigenvalue weighted by Crippen LogP contribution is 2.40. The van der Waals surface area contributed by atoms with Gasteiger partial charge in [-0.2, -0.15) is 0 Å². The van der Waals surface area contributed by atoms with Gasteiger partial charge in [0.25, 0.3) is 5.56 Å². The van der Waals surface area contributed by atoms with Gasteiger partial charge in [0.1, 0.15) is 11.5 Å². The van der Waals surface area contributed by atoms with Crippen LogP contribution in [0.4, 0.5) is 15.8 Å². The monoisotopic (exact) mass is 450 g/mol. The molecule has 1 aromatic heterocycles. The number of aromatic amines is 1. The number of azo groups is 1. The summed E-state index contributed by atoms with van der Waals surface area (Å²) in [4.78, 5) is 23.2. The molecular weight excluding hydrogens is 427 g/mol. The maximum absolute atomic E-state index is 14.2. The smallest absolute Gasteiger partial charge is 0.303 e. The van der Waals surface area contributed by atoms with E-state index in [1.807, 2.05) is 6.07 Å². The molecule has 0 unspecified atom stereocenters. The number of carbonyl (C=O) groups is 1. The van der Waals surface area contributed by atoms with Crippen LogP contribution >= 0.6 is 0 Å². The van der Waals surface area contributed by atoms with E-state index in [1.165, 1.54) is 10.7 Å². The molecule has 0 saturated carbocycles. The minimum Gasteiger partial charge on any atom is -0.505 e. The Kier molecular flexibility index (Phi) is 6.21. The van der Waals surface area contributed by atoms with Crippen molar-refractivity contribution in [2.45, 2.75) is 39.2 Å². The van der Waals surface area contributed by atoms with Crippen LogP contribution < -0.4 is 5.56 Å². The standard InChI is InChI=1S/C24H23FN4O4/c1-14-22(24(33)29(28-14)12-4-9-21(30)31)27-26-20-8-3-6-17(23(20)32)16-11-10-15-5-2-7-19(25)18(15)13-16/h2-3,5-8,13,28,32H,4,9-12H2,1H3,(H,30,31). The summed E-state index contributed by atoms with van der Waals surface area (Å²) in [5, 5.41) is 30.6. The third-order valence-corrected chi connectivity index (χ3v) is 5.62. The van der Waals surface area contributed by atoms with Crippen LogP contribution in [0, 0.1) is 12.7 Å². The number of allylic oxidation sites excluding steroid dienone is 1. The molecule has 0 radical (unpaired) electrons. The van der Waals surface area contributed by atoms with Crippen molar-refractivity contribution in [2.24, 2.45) is 10.2 Å². The van der Waals surface area contributed by atoms with Crippen LogP contribution in [0.15, 0.2) is 51.4 Å². The molecule has 3 aromatic rings. The average molecular weight is 450 g/mol. The fraction of sp³-hybridized carbons (Fsp3) is 0.250. The number of hydrogen-bond donors (Lipinski definition) is 3. The first-order chi connectivity index (χ1) is 15.8. The van der Waals surface area contributed by atoms with Crippen molar-refractivity contribution in [1.29, 1.82) is 0 Å². The molecule has 3 N–H and O–H groups in total. The topological polar surface area (TPSA) is 120 Å². The second-order valence-corrected chi connectivity index (χ2v) is 7.90. The lowest BCUT2D eigenvalue weighted by atomic mass is 9.88. The van der Waals surface area contributed by atoms with Gasteiger partial charge in [-0.1, -0.05) is 24.3 Å². The van der Waals surface area contributed by atoms with Gasteiger partial charge in [-0.05, 0) is 55.5 Å². The van der Waals surface area contributed by atoms with Gasteiger partial charge in [0.2, 0.25) is 0 Å². The summed E-state index contributed by atoms with van der Waals surface area (Å²) >= 11 is 0. The van der Waals surface area contributed by atoms with E-state index in [1.54, 1.807) is 37.3 Å². The third-order valence-electron chi connectivity index (χ3n) is 5.62. The van der Waals surface area contributed by atoms with E-state index in [9.17, 15) is 19.1 Å². The van der Waals surface area contributed by atoms with E-state index >= 15 is 0 Å². The maximum atomic E-state index is 14.2. The van der Waals surface area contributed by atoms with Crippen molar-refractivity contribution >= 4 is 29.0 Å². The molecule has 0 atom stereocenters. The van der Waals surface area contributed by atoms with Gasteiger partial charge in [0.15, 0.2) is 11.4 Å². The predicted molar refractivity (Wildman–Crippen MR) is 122 cm³/mol. The zero-order valence-electron chi connectivity index (χ0n) is 18.0. The number of aromatic hydroxyl groups is 1. The number of para-hydroxylation sites is 1. The lowest BCUT2D eigenvalue weighted by Crippen LogP contribution is -2.17. The zero-order chi connectivity index (χ0) is 23.5. The van der Waals surface area contributed by atoms with Crippen molar-refractivity contribution in [3.05, 3.63) is 75.0 Å². The first-order valence-corrected chi connectivity index (χ1v) is 10.6. The molecule has 4 rings (SSSR count). The number of halogens is 1. The minimum atomic E-state index is -0.930. The van der Waals surface area contributed by atoms with Gasteiger partial charge in [0.05, 0.1) is 5.69 Å². The van der Waals surface area contributed by atoms with Crippen molar-refractivity contribution in [1.82, 2.24) is 9.78 Å². The number of carboxylic acid groups (broad SMARTS) is 1. The highest BCUT2D eigenvalue weighted by molar-refractivity contribution is 5.88. The van der Waals surface area contributed by atoms with Gasteiger partial charge in [0, 0.05) is 24.1 Å². The molecule has 0 saturated heterocycles. The maximum Gasteiger partial charge on any atom is 0.303 e. The lowest BCUT2D eigenvalue weighted by molar-refractivity contribution is -0.137. The molecule has 0 bridgehead atoms. The first kappa shape index (κ1) is 22.2. The fourth-order valence-corrected chi connectivity index (χ4v) is 3.92. The number of carboxylic acids is 1. The quantitative estimate of drug-likeness (QED) is 0.434. The Labute approximate surface area is 188 Å². The molecule has 1 heterocycles. The van der Waals surface area contributed by atoms with E-state index < -0.39 is 11.5 Å². The summed E-state index contributed by atoms with van der Waals surface area (Å²) in [7, 11) is 0. The number of fused-ring (bicyclic) bond motifs is 1. The molecule has 0 fully saturated rings. The molecule has 8 nitrogen and oxygen atoms in total. The number of phenols is 1.